The number of hydrogen-bond acceptors (Lipinski definition) is 5. The van der Waals surface area contributed by atoms with Gasteiger partial charge in [-0.3, -0.25) is 0 Å². The molecule has 0 fully saturated rings. The van der Waals surface area contributed by atoms with E-state index in [0.717, 1.165) is 13.0 Å². The van der Waals surface area contributed by atoms with E-state index < -0.39 is 11.9 Å². The standard InChI is InChI=1S/C16H22N2O4S/c1-5-10(2)9-17-16(23)18-13-7-11(14(19)21-3)6-12(8-13)15(20)22-4/h6-8,10H,5,9H2,1-4H3,(H2,17,18,23)/t10-/m1/s1. The number of methoxy groups -OCH3 is 2. The highest BCUT2D eigenvalue weighted by atomic mass is 32.1. The molecule has 0 aliphatic heterocycles. The molecular weight excluding hydrogens is 316 g/mol. The molecule has 0 aromatic heterocycles. The predicted octanol–water partition coefficient (Wildman–Crippen LogP) is 2.59. The number of anilines is 1. The molecule has 0 saturated heterocycles. The molecule has 1 rings (SSSR count). The second-order valence-electron chi connectivity index (χ2n) is 5.13. The second kappa shape index (κ2) is 9.09. The molecule has 1 aromatic rings. The average molecular weight is 338 g/mol. The van der Waals surface area contributed by atoms with E-state index in [1.807, 2.05) is 0 Å². The first-order chi connectivity index (χ1) is 10.9. The quantitative estimate of drug-likeness (QED) is 0.610. The van der Waals surface area contributed by atoms with Crippen LogP contribution in [0.25, 0.3) is 0 Å². The maximum absolute atomic E-state index is 11.7. The monoisotopic (exact) mass is 338 g/mol. The summed E-state index contributed by atoms with van der Waals surface area (Å²) < 4.78 is 9.38. The van der Waals surface area contributed by atoms with E-state index in [0.29, 0.717) is 16.7 Å². The molecule has 0 spiro atoms. The molecular formula is C16H22N2O4S. The molecule has 0 unspecified atom stereocenters. The smallest absolute Gasteiger partial charge is 0.337 e. The molecule has 0 aliphatic carbocycles. The molecule has 0 bridgehead atoms. The molecule has 0 heterocycles. The summed E-state index contributed by atoms with van der Waals surface area (Å²) in [4.78, 5) is 23.4. The second-order valence-corrected chi connectivity index (χ2v) is 5.54. The van der Waals surface area contributed by atoms with Crippen LogP contribution in [0, 0.1) is 5.92 Å². The number of nitrogens with one attached hydrogen (secondary N) is 2. The minimum absolute atomic E-state index is 0.239. The molecule has 2 N–H and O–H groups in total. The van der Waals surface area contributed by atoms with Gasteiger partial charge >= 0.3 is 11.9 Å². The average Bonchev–Trinajstić information content (AvgIpc) is 2.57. The van der Waals surface area contributed by atoms with Crippen molar-refractivity contribution in [2.45, 2.75) is 20.3 Å². The van der Waals surface area contributed by atoms with E-state index in [9.17, 15) is 9.59 Å². The van der Waals surface area contributed by atoms with E-state index >= 15 is 0 Å². The molecule has 0 saturated carbocycles. The molecule has 0 radical (unpaired) electrons. The number of carbonyl (C=O) groups is 2. The number of benzene rings is 1. The number of rotatable bonds is 6. The summed E-state index contributed by atoms with van der Waals surface area (Å²) >= 11 is 5.22. The van der Waals surface area contributed by atoms with Crippen molar-refractivity contribution in [3.05, 3.63) is 29.3 Å². The lowest BCUT2D eigenvalue weighted by Gasteiger charge is -2.15. The fraction of sp³-hybridized carbons (Fsp3) is 0.438. The van der Waals surface area contributed by atoms with Crippen LogP contribution < -0.4 is 10.6 Å². The van der Waals surface area contributed by atoms with Crippen LogP contribution in [0.5, 0.6) is 0 Å². The fourth-order valence-corrected chi connectivity index (χ4v) is 1.96. The maximum Gasteiger partial charge on any atom is 0.337 e. The number of hydrogen-bond donors (Lipinski definition) is 2. The van der Waals surface area contributed by atoms with Gasteiger partial charge in [0.2, 0.25) is 0 Å². The number of ether oxygens (including phenoxy) is 2. The summed E-state index contributed by atoms with van der Waals surface area (Å²) in [5.74, 6) is -0.601. The van der Waals surface area contributed by atoms with Gasteiger partial charge in [0.1, 0.15) is 0 Å². The van der Waals surface area contributed by atoms with Gasteiger partial charge in [-0.15, -0.1) is 0 Å². The highest BCUT2D eigenvalue weighted by molar-refractivity contribution is 7.80. The zero-order chi connectivity index (χ0) is 17.4. The van der Waals surface area contributed by atoms with E-state index in [1.54, 1.807) is 12.1 Å². The Morgan fingerprint density at radius 1 is 1.13 bits per heavy atom. The van der Waals surface area contributed by atoms with Crippen molar-refractivity contribution in [2.24, 2.45) is 5.92 Å². The van der Waals surface area contributed by atoms with Crippen LogP contribution in [0.15, 0.2) is 18.2 Å². The Hall–Kier alpha value is -2.15. The normalized spacial score (nSPS) is 11.3. The Kier molecular flexibility index (Phi) is 7.47. The predicted molar refractivity (Wildman–Crippen MR) is 92.8 cm³/mol. The van der Waals surface area contributed by atoms with E-state index in [1.165, 1.54) is 20.3 Å². The van der Waals surface area contributed by atoms with Crippen LogP contribution in [-0.4, -0.2) is 37.8 Å². The largest absolute Gasteiger partial charge is 0.465 e. The van der Waals surface area contributed by atoms with Gasteiger partial charge in [-0.25, -0.2) is 9.59 Å². The van der Waals surface area contributed by atoms with Crippen LogP contribution in [0.3, 0.4) is 0 Å². The first-order valence-corrected chi connectivity index (χ1v) is 7.68. The van der Waals surface area contributed by atoms with Gasteiger partial charge in [0.05, 0.1) is 25.3 Å². The molecule has 7 heteroatoms. The van der Waals surface area contributed by atoms with Gasteiger partial charge in [0, 0.05) is 12.2 Å². The molecule has 1 atom stereocenters. The SMILES string of the molecule is CC[C@@H](C)CNC(=S)Nc1cc(C(=O)OC)cc(C(=O)OC)c1. The third-order valence-corrected chi connectivity index (χ3v) is 3.59. The van der Waals surface area contributed by atoms with Crippen LogP contribution in [0.2, 0.25) is 0 Å². The van der Waals surface area contributed by atoms with Crippen molar-refractivity contribution < 1.29 is 19.1 Å². The minimum Gasteiger partial charge on any atom is -0.465 e. The molecule has 0 amide bonds. The van der Waals surface area contributed by atoms with Gasteiger partial charge < -0.3 is 20.1 Å². The van der Waals surface area contributed by atoms with Crippen LogP contribution in [-0.2, 0) is 9.47 Å². The van der Waals surface area contributed by atoms with Crippen molar-refractivity contribution in [1.82, 2.24) is 5.32 Å². The third-order valence-electron chi connectivity index (χ3n) is 3.34. The van der Waals surface area contributed by atoms with Gasteiger partial charge in [-0.05, 0) is 36.3 Å². The summed E-state index contributed by atoms with van der Waals surface area (Å²) in [6.45, 7) is 4.96. The van der Waals surface area contributed by atoms with Gasteiger partial charge in [0.25, 0.3) is 0 Å². The number of carbonyl (C=O) groups excluding carboxylic acids is 2. The summed E-state index contributed by atoms with van der Waals surface area (Å²) in [5, 5.41) is 6.48. The molecule has 126 valence electrons. The lowest BCUT2D eigenvalue weighted by Crippen LogP contribution is -2.32. The summed E-state index contributed by atoms with van der Waals surface area (Å²) in [7, 11) is 2.55. The maximum atomic E-state index is 11.7. The van der Waals surface area contributed by atoms with Crippen molar-refractivity contribution >= 4 is 35.0 Å². The number of esters is 2. The number of thiocarbonyl (C=S) groups is 1. The van der Waals surface area contributed by atoms with Crippen molar-refractivity contribution in [3.63, 3.8) is 0 Å². The Labute approximate surface area is 141 Å². The Morgan fingerprint density at radius 3 is 2.09 bits per heavy atom. The zero-order valence-corrected chi connectivity index (χ0v) is 14.6. The third kappa shape index (κ3) is 5.86. The Balaban J connectivity index is 2.94. The molecule has 6 nitrogen and oxygen atoms in total. The highest BCUT2D eigenvalue weighted by Crippen LogP contribution is 2.17. The van der Waals surface area contributed by atoms with Gasteiger partial charge in [-0.1, -0.05) is 20.3 Å². The van der Waals surface area contributed by atoms with E-state index in [4.69, 9.17) is 21.7 Å². The van der Waals surface area contributed by atoms with E-state index in [-0.39, 0.29) is 11.1 Å². The van der Waals surface area contributed by atoms with Gasteiger partial charge in [-0.2, -0.15) is 0 Å². The van der Waals surface area contributed by atoms with Crippen molar-refractivity contribution in [2.75, 3.05) is 26.1 Å². The molecule has 1 aromatic carbocycles. The summed E-state index contributed by atoms with van der Waals surface area (Å²) in [6.07, 6.45) is 1.04. The van der Waals surface area contributed by atoms with Crippen LogP contribution >= 0.6 is 12.2 Å². The van der Waals surface area contributed by atoms with Crippen molar-refractivity contribution in [1.29, 1.82) is 0 Å². The Bertz CT molecular complexity index is 555. The lowest BCUT2D eigenvalue weighted by molar-refractivity contribution is 0.0599. The highest BCUT2D eigenvalue weighted by Gasteiger charge is 2.14. The molecule has 23 heavy (non-hydrogen) atoms. The van der Waals surface area contributed by atoms with Crippen LogP contribution in [0.1, 0.15) is 41.0 Å². The zero-order valence-electron chi connectivity index (χ0n) is 13.8. The first-order valence-electron chi connectivity index (χ1n) is 7.27. The van der Waals surface area contributed by atoms with Crippen LogP contribution in [0.4, 0.5) is 5.69 Å². The first kappa shape index (κ1) is 18.9. The minimum atomic E-state index is -0.544. The summed E-state index contributed by atoms with van der Waals surface area (Å²) in [6, 6.07) is 4.55. The Morgan fingerprint density at radius 2 is 1.65 bits per heavy atom. The van der Waals surface area contributed by atoms with Gasteiger partial charge in [0.15, 0.2) is 5.11 Å². The summed E-state index contributed by atoms with van der Waals surface area (Å²) in [5.41, 5.74) is 0.986. The lowest BCUT2D eigenvalue weighted by atomic mass is 10.1. The van der Waals surface area contributed by atoms with Crippen molar-refractivity contribution in [3.8, 4) is 0 Å². The van der Waals surface area contributed by atoms with E-state index in [2.05, 4.69) is 24.5 Å². The molecule has 0 aliphatic rings. The fourth-order valence-electron chi connectivity index (χ4n) is 1.76. The topological polar surface area (TPSA) is 76.7 Å².